The molecule has 0 bridgehead atoms. The van der Waals surface area contributed by atoms with Gasteiger partial charge < -0.3 is 14.5 Å². The second-order valence-electron chi connectivity index (χ2n) is 6.06. The van der Waals surface area contributed by atoms with Gasteiger partial charge in [0.2, 0.25) is 5.91 Å². The first-order valence-corrected chi connectivity index (χ1v) is 9.45. The van der Waals surface area contributed by atoms with Gasteiger partial charge in [0.25, 0.3) is 0 Å². The Bertz CT molecular complexity index is 700. The van der Waals surface area contributed by atoms with Gasteiger partial charge in [-0.15, -0.1) is 11.8 Å². The largest absolute Gasteiger partial charge is 0.495 e. The Morgan fingerprint density at radius 3 is 2.32 bits per heavy atom. The lowest BCUT2D eigenvalue weighted by atomic mass is 10.2. The molecule has 4 nitrogen and oxygen atoms in total. The predicted octanol–water partition coefficient (Wildman–Crippen LogP) is 3.52. The average Bonchev–Trinajstić information content (AvgIpc) is 2.68. The minimum atomic E-state index is -0.0692. The number of thioether (sulfide) groups is 1. The number of amides is 1. The molecule has 2 aromatic rings. The first kappa shape index (κ1) is 17.7. The topological polar surface area (TPSA) is 32.8 Å². The maximum Gasteiger partial charge on any atom is 0.235 e. The van der Waals surface area contributed by atoms with Crippen LogP contribution in [0.5, 0.6) is 5.75 Å². The van der Waals surface area contributed by atoms with Crippen molar-refractivity contribution in [1.29, 1.82) is 0 Å². The monoisotopic (exact) mass is 356 g/mol. The molecule has 0 aliphatic carbocycles. The number of para-hydroxylation sites is 2. The highest BCUT2D eigenvalue weighted by molar-refractivity contribution is 8.00. The number of piperazine rings is 1. The summed E-state index contributed by atoms with van der Waals surface area (Å²) in [5.41, 5.74) is 1.10. The van der Waals surface area contributed by atoms with E-state index in [-0.39, 0.29) is 11.2 Å². The summed E-state index contributed by atoms with van der Waals surface area (Å²) in [5, 5.41) is -0.0692. The van der Waals surface area contributed by atoms with Crippen LogP contribution in [0.25, 0.3) is 0 Å². The molecule has 3 rings (SSSR count). The van der Waals surface area contributed by atoms with E-state index in [0.29, 0.717) is 0 Å². The van der Waals surface area contributed by atoms with E-state index in [1.807, 2.05) is 60.4 Å². The molecule has 0 saturated carbocycles. The van der Waals surface area contributed by atoms with Crippen molar-refractivity contribution in [3.8, 4) is 5.75 Å². The standard InChI is InChI=1S/C20H24N2O2S/c1-16(25-17-8-4-3-5-9-17)20(23)22-14-12-21(13-15-22)18-10-6-7-11-19(18)24-2/h3-11,16H,12-15H2,1-2H3/t16-/m0/s1. The normalized spacial score (nSPS) is 15.8. The Morgan fingerprint density at radius 2 is 1.64 bits per heavy atom. The predicted molar refractivity (Wildman–Crippen MR) is 104 cm³/mol. The molecule has 25 heavy (non-hydrogen) atoms. The third kappa shape index (κ3) is 4.28. The van der Waals surface area contributed by atoms with Crippen LogP contribution in [0.1, 0.15) is 6.92 Å². The summed E-state index contributed by atoms with van der Waals surface area (Å²) in [6.45, 7) is 5.14. The summed E-state index contributed by atoms with van der Waals surface area (Å²) in [6, 6.07) is 18.2. The third-order valence-corrected chi connectivity index (χ3v) is 5.52. The van der Waals surface area contributed by atoms with Gasteiger partial charge in [-0.2, -0.15) is 0 Å². The molecule has 1 amide bonds. The molecular weight excluding hydrogens is 332 g/mol. The highest BCUT2D eigenvalue weighted by atomic mass is 32.2. The summed E-state index contributed by atoms with van der Waals surface area (Å²) in [6.07, 6.45) is 0. The SMILES string of the molecule is COc1ccccc1N1CCN(C(=O)[C@H](C)Sc2ccccc2)CC1. The van der Waals surface area contributed by atoms with Crippen LogP contribution in [0, 0.1) is 0 Å². The summed E-state index contributed by atoms with van der Waals surface area (Å²) < 4.78 is 5.45. The number of hydrogen-bond donors (Lipinski definition) is 0. The first-order valence-electron chi connectivity index (χ1n) is 8.57. The zero-order valence-electron chi connectivity index (χ0n) is 14.7. The molecule has 1 heterocycles. The minimum absolute atomic E-state index is 0.0692. The van der Waals surface area contributed by atoms with E-state index in [1.165, 1.54) is 0 Å². The molecule has 0 N–H and O–H groups in total. The van der Waals surface area contributed by atoms with Gasteiger partial charge in [0.1, 0.15) is 5.75 Å². The summed E-state index contributed by atoms with van der Waals surface area (Å²) in [4.78, 5) is 18.1. The second kappa shape index (κ2) is 8.30. The van der Waals surface area contributed by atoms with Crippen LogP contribution in [0.15, 0.2) is 59.5 Å². The number of nitrogens with zero attached hydrogens (tertiary/aromatic N) is 2. The van der Waals surface area contributed by atoms with Gasteiger partial charge in [-0.1, -0.05) is 30.3 Å². The fourth-order valence-corrected chi connectivity index (χ4v) is 4.04. The molecule has 1 aliphatic heterocycles. The van der Waals surface area contributed by atoms with Crippen molar-refractivity contribution >= 4 is 23.4 Å². The quantitative estimate of drug-likeness (QED) is 0.768. The van der Waals surface area contributed by atoms with E-state index in [1.54, 1.807) is 18.9 Å². The summed E-state index contributed by atoms with van der Waals surface area (Å²) >= 11 is 1.62. The van der Waals surface area contributed by atoms with Gasteiger partial charge in [0, 0.05) is 31.1 Å². The van der Waals surface area contributed by atoms with Crippen molar-refractivity contribution in [2.45, 2.75) is 17.1 Å². The maximum atomic E-state index is 12.7. The van der Waals surface area contributed by atoms with Crippen LogP contribution >= 0.6 is 11.8 Å². The van der Waals surface area contributed by atoms with Crippen molar-refractivity contribution in [2.24, 2.45) is 0 Å². The summed E-state index contributed by atoms with van der Waals surface area (Å²) in [5.74, 6) is 1.10. The molecule has 1 saturated heterocycles. The number of methoxy groups -OCH3 is 1. The lowest BCUT2D eigenvalue weighted by Crippen LogP contribution is -2.50. The molecule has 0 aromatic heterocycles. The van der Waals surface area contributed by atoms with E-state index >= 15 is 0 Å². The number of rotatable bonds is 5. The number of anilines is 1. The lowest BCUT2D eigenvalue weighted by molar-refractivity contribution is -0.130. The highest BCUT2D eigenvalue weighted by Crippen LogP contribution is 2.29. The first-order chi connectivity index (χ1) is 12.2. The van der Waals surface area contributed by atoms with Crippen LogP contribution in [0.2, 0.25) is 0 Å². The van der Waals surface area contributed by atoms with Crippen LogP contribution in [0.3, 0.4) is 0 Å². The molecular formula is C20H24N2O2S. The maximum absolute atomic E-state index is 12.7. The molecule has 5 heteroatoms. The van der Waals surface area contributed by atoms with Crippen molar-refractivity contribution in [2.75, 3.05) is 38.2 Å². The molecule has 1 aliphatic rings. The van der Waals surface area contributed by atoms with E-state index in [4.69, 9.17) is 4.74 Å². The van der Waals surface area contributed by atoms with Crippen LogP contribution in [-0.2, 0) is 4.79 Å². The van der Waals surface area contributed by atoms with E-state index < -0.39 is 0 Å². The zero-order chi connectivity index (χ0) is 17.6. The molecule has 1 atom stereocenters. The molecule has 132 valence electrons. The Kier molecular flexibility index (Phi) is 5.87. The average molecular weight is 356 g/mol. The molecule has 1 fully saturated rings. The smallest absolute Gasteiger partial charge is 0.235 e. The number of benzene rings is 2. The third-order valence-electron chi connectivity index (χ3n) is 4.42. The fraction of sp³-hybridized carbons (Fsp3) is 0.350. The van der Waals surface area contributed by atoms with Gasteiger partial charge in [-0.3, -0.25) is 4.79 Å². The highest BCUT2D eigenvalue weighted by Gasteiger charge is 2.26. The number of carbonyl (C=O) groups excluding carboxylic acids is 1. The van der Waals surface area contributed by atoms with E-state index in [9.17, 15) is 4.79 Å². The van der Waals surface area contributed by atoms with Crippen molar-refractivity contribution in [3.63, 3.8) is 0 Å². The molecule has 0 radical (unpaired) electrons. The Labute approximate surface area is 153 Å². The van der Waals surface area contributed by atoms with Gasteiger partial charge in [-0.05, 0) is 31.2 Å². The number of ether oxygens (including phenoxy) is 1. The van der Waals surface area contributed by atoms with Crippen LogP contribution < -0.4 is 9.64 Å². The summed E-state index contributed by atoms with van der Waals surface area (Å²) in [7, 11) is 1.70. The molecule has 2 aromatic carbocycles. The van der Waals surface area contributed by atoms with Crippen molar-refractivity contribution in [3.05, 3.63) is 54.6 Å². The number of carbonyl (C=O) groups is 1. The molecule has 0 unspecified atom stereocenters. The Morgan fingerprint density at radius 1 is 1.00 bits per heavy atom. The Hall–Kier alpha value is -2.14. The second-order valence-corrected chi connectivity index (χ2v) is 7.47. The lowest BCUT2D eigenvalue weighted by Gasteiger charge is -2.37. The van der Waals surface area contributed by atoms with Crippen molar-refractivity contribution < 1.29 is 9.53 Å². The van der Waals surface area contributed by atoms with Crippen molar-refractivity contribution in [1.82, 2.24) is 4.90 Å². The van der Waals surface area contributed by atoms with E-state index in [2.05, 4.69) is 11.0 Å². The van der Waals surface area contributed by atoms with Gasteiger partial charge >= 0.3 is 0 Å². The Balaban J connectivity index is 1.57. The van der Waals surface area contributed by atoms with Gasteiger partial charge in [0.15, 0.2) is 0 Å². The van der Waals surface area contributed by atoms with Gasteiger partial charge in [0.05, 0.1) is 18.0 Å². The van der Waals surface area contributed by atoms with Crippen LogP contribution in [0.4, 0.5) is 5.69 Å². The number of hydrogen-bond acceptors (Lipinski definition) is 4. The minimum Gasteiger partial charge on any atom is -0.495 e. The van der Waals surface area contributed by atoms with Gasteiger partial charge in [-0.25, -0.2) is 0 Å². The molecule has 0 spiro atoms. The zero-order valence-corrected chi connectivity index (χ0v) is 15.5. The van der Waals surface area contributed by atoms with E-state index in [0.717, 1.165) is 42.5 Å². The van der Waals surface area contributed by atoms with Crippen LogP contribution in [-0.4, -0.2) is 49.3 Å². The fourth-order valence-electron chi connectivity index (χ4n) is 3.07.